The molecule has 0 saturated carbocycles. The van der Waals surface area contributed by atoms with E-state index in [0.29, 0.717) is 0 Å². The van der Waals surface area contributed by atoms with Gasteiger partial charge in [0.15, 0.2) is 0 Å². The van der Waals surface area contributed by atoms with Gasteiger partial charge in [-0.2, -0.15) is 0 Å². The first-order valence-electron chi connectivity index (χ1n) is 4.29. The van der Waals surface area contributed by atoms with Crippen LogP contribution in [0.2, 0.25) is 13.3 Å². The van der Waals surface area contributed by atoms with E-state index in [2.05, 4.69) is 27.4 Å². The van der Waals surface area contributed by atoms with Gasteiger partial charge in [0.25, 0.3) is 0 Å². The number of carboxylic acids is 1. The molecular formula is C9H18O2Sn. The van der Waals surface area contributed by atoms with E-state index in [9.17, 15) is 0 Å². The summed E-state index contributed by atoms with van der Waals surface area (Å²) in [4.78, 5) is 9.14. The van der Waals surface area contributed by atoms with Gasteiger partial charge in [-0.25, -0.2) is 0 Å². The van der Waals surface area contributed by atoms with E-state index in [0.717, 1.165) is 6.08 Å². The Hall–Kier alpha value is 0.00870. The third-order valence-electron chi connectivity index (χ3n) is 1.67. The SMILES string of the molecule is C=CC(=O)[O-].C[CH2][Sn+]([CH2]C)[CH2]C. The molecule has 0 saturated heterocycles. The van der Waals surface area contributed by atoms with E-state index in [-0.39, 0.29) is 0 Å². The molecule has 0 fully saturated rings. The van der Waals surface area contributed by atoms with Crippen molar-refractivity contribution >= 4 is 25.7 Å². The average Bonchev–Trinajstić information content (AvgIpc) is 2.09. The molecule has 3 heteroatoms. The summed E-state index contributed by atoms with van der Waals surface area (Å²) in [6.45, 7) is 9.95. The Morgan fingerprint density at radius 2 is 1.58 bits per heavy atom. The second-order valence-electron chi connectivity index (χ2n) is 2.33. The predicted octanol–water partition coefficient (Wildman–Crippen LogP) is 1.46. The Kier molecular flexibility index (Phi) is 13.3. The molecule has 0 heterocycles. The molecule has 0 N–H and O–H groups in total. The molecule has 12 heavy (non-hydrogen) atoms. The van der Waals surface area contributed by atoms with Crippen LogP contribution in [0.5, 0.6) is 0 Å². The van der Waals surface area contributed by atoms with Crippen LogP contribution >= 0.6 is 0 Å². The van der Waals surface area contributed by atoms with Gasteiger partial charge < -0.3 is 9.90 Å². The van der Waals surface area contributed by atoms with Crippen molar-refractivity contribution in [2.24, 2.45) is 0 Å². The first-order chi connectivity index (χ1) is 5.62. The van der Waals surface area contributed by atoms with Gasteiger partial charge in [-0.3, -0.25) is 0 Å². The fourth-order valence-electron chi connectivity index (χ4n) is 0.750. The third kappa shape index (κ3) is 12.7. The van der Waals surface area contributed by atoms with Gasteiger partial charge in [-0.1, -0.05) is 6.58 Å². The zero-order valence-electron chi connectivity index (χ0n) is 8.22. The molecule has 0 aromatic rings. The Bertz CT molecular complexity index is 114. The van der Waals surface area contributed by atoms with Crippen molar-refractivity contribution in [1.82, 2.24) is 0 Å². The number of hydrogen-bond donors (Lipinski definition) is 0. The monoisotopic (exact) mass is 278 g/mol. The van der Waals surface area contributed by atoms with Crippen LogP contribution in [0.15, 0.2) is 12.7 Å². The standard InChI is InChI=1S/C3H4O2.3C2H5.Sn/c1-2-3(4)5;3*1-2;/h2H,1H2,(H,4,5);3*1H2,2H3;/q;;;;+1/p-1. The van der Waals surface area contributed by atoms with Crippen LogP contribution in [-0.4, -0.2) is 25.7 Å². The number of hydrogen-bond acceptors (Lipinski definition) is 2. The molecule has 0 radical (unpaired) electrons. The van der Waals surface area contributed by atoms with Crippen LogP contribution < -0.4 is 5.11 Å². The first-order valence-corrected chi connectivity index (χ1v) is 10.3. The van der Waals surface area contributed by atoms with Crippen LogP contribution in [0.4, 0.5) is 0 Å². The summed E-state index contributed by atoms with van der Waals surface area (Å²) in [6.07, 6.45) is 0.722. The van der Waals surface area contributed by atoms with Crippen LogP contribution in [-0.2, 0) is 4.79 Å². The Labute approximate surface area is 82.4 Å². The molecule has 2 nitrogen and oxygen atoms in total. The van der Waals surface area contributed by atoms with E-state index in [4.69, 9.17) is 9.90 Å². The Morgan fingerprint density at radius 3 is 1.58 bits per heavy atom. The molecule has 0 atom stereocenters. The summed E-state index contributed by atoms with van der Waals surface area (Å²) < 4.78 is 4.65. The second-order valence-corrected chi connectivity index (χ2v) is 12.7. The first kappa shape index (κ1) is 14.5. The predicted molar refractivity (Wildman–Crippen MR) is 52.4 cm³/mol. The van der Waals surface area contributed by atoms with Crippen molar-refractivity contribution in [3.8, 4) is 0 Å². The van der Waals surface area contributed by atoms with Crippen LogP contribution in [0.1, 0.15) is 20.8 Å². The summed E-state index contributed by atoms with van der Waals surface area (Å²) in [5.41, 5.74) is 0. The van der Waals surface area contributed by atoms with Gasteiger partial charge in [0.2, 0.25) is 0 Å². The van der Waals surface area contributed by atoms with Gasteiger partial charge in [0, 0.05) is 0 Å². The van der Waals surface area contributed by atoms with Gasteiger partial charge in [-0.15, -0.1) is 0 Å². The summed E-state index contributed by atoms with van der Waals surface area (Å²) in [6, 6.07) is 0. The number of carbonyl (C=O) groups excluding carboxylic acids is 1. The Balaban J connectivity index is 0. The number of carbonyl (C=O) groups is 1. The van der Waals surface area contributed by atoms with Crippen molar-refractivity contribution in [2.75, 3.05) is 0 Å². The number of rotatable bonds is 4. The Morgan fingerprint density at radius 1 is 1.33 bits per heavy atom. The minimum absolute atomic E-state index is 0.653. The van der Waals surface area contributed by atoms with Crippen LogP contribution in [0, 0.1) is 0 Å². The summed E-state index contributed by atoms with van der Waals surface area (Å²) in [7, 11) is 0. The van der Waals surface area contributed by atoms with Crippen molar-refractivity contribution in [3.05, 3.63) is 12.7 Å². The van der Waals surface area contributed by atoms with E-state index in [1.807, 2.05) is 0 Å². The molecule has 0 aromatic carbocycles. The molecule has 0 amide bonds. The molecule has 0 rings (SSSR count). The molecule has 0 bridgehead atoms. The maximum atomic E-state index is 9.14. The van der Waals surface area contributed by atoms with E-state index in [1.165, 1.54) is 0 Å². The molecule has 70 valence electrons. The van der Waals surface area contributed by atoms with E-state index in [1.54, 1.807) is 13.3 Å². The summed E-state index contributed by atoms with van der Waals surface area (Å²) in [5.74, 6) is -1.23. The van der Waals surface area contributed by atoms with Crippen molar-refractivity contribution in [2.45, 2.75) is 34.1 Å². The van der Waals surface area contributed by atoms with Gasteiger partial charge in [0.05, 0.1) is 5.97 Å². The average molecular weight is 277 g/mol. The van der Waals surface area contributed by atoms with Gasteiger partial charge >= 0.3 is 53.8 Å². The van der Waals surface area contributed by atoms with Gasteiger partial charge in [0.1, 0.15) is 0 Å². The molecule has 0 aliphatic heterocycles. The molecular weight excluding hydrogens is 259 g/mol. The van der Waals surface area contributed by atoms with Crippen molar-refractivity contribution in [3.63, 3.8) is 0 Å². The fourth-order valence-corrected chi connectivity index (χ4v) is 5.03. The fraction of sp³-hybridized carbons (Fsp3) is 0.667. The van der Waals surface area contributed by atoms with Crippen molar-refractivity contribution in [1.29, 1.82) is 0 Å². The quantitative estimate of drug-likeness (QED) is 0.576. The minimum atomic E-state index is -1.23. The molecule has 0 aliphatic rings. The number of aliphatic carboxylic acids is 1. The molecule has 0 aliphatic carbocycles. The topological polar surface area (TPSA) is 40.1 Å². The number of carboxylic acid groups (broad SMARTS) is 1. The zero-order chi connectivity index (χ0) is 9.98. The normalized spacial score (nSPS) is 7.92. The second kappa shape index (κ2) is 11.0. The molecule has 0 unspecified atom stereocenters. The zero-order valence-corrected chi connectivity index (χ0v) is 11.1. The van der Waals surface area contributed by atoms with Crippen LogP contribution in [0.25, 0.3) is 0 Å². The molecule has 0 aromatic heterocycles. The van der Waals surface area contributed by atoms with Crippen molar-refractivity contribution < 1.29 is 9.90 Å². The summed E-state index contributed by atoms with van der Waals surface area (Å²) >= 11 is -0.653. The summed E-state index contributed by atoms with van der Waals surface area (Å²) in [5, 5.41) is 9.14. The van der Waals surface area contributed by atoms with E-state index >= 15 is 0 Å². The third-order valence-corrected chi connectivity index (χ3v) is 10.2. The van der Waals surface area contributed by atoms with E-state index < -0.39 is 25.7 Å². The van der Waals surface area contributed by atoms with Crippen LogP contribution in [0.3, 0.4) is 0 Å². The maximum absolute atomic E-state index is 9.14. The molecule has 0 spiro atoms. The van der Waals surface area contributed by atoms with Gasteiger partial charge in [-0.05, 0) is 6.08 Å².